The first-order valence-electron chi connectivity index (χ1n) is 9.90. The number of rotatable bonds is 9. The van der Waals surface area contributed by atoms with E-state index < -0.39 is 10.0 Å². The molecule has 0 fully saturated rings. The lowest BCUT2D eigenvalue weighted by Crippen LogP contribution is -2.16. The molecule has 3 rings (SSSR count). The Hall–Kier alpha value is -3.18. The number of nitrogens with one attached hydrogen (secondary N) is 2. The first kappa shape index (κ1) is 24.5. The van der Waals surface area contributed by atoms with Gasteiger partial charge in [0.15, 0.2) is 0 Å². The average molecular weight is 535 g/mol. The molecule has 0 saturated carbocycles. The zero-order valence-corrected chi connectivity index (χ0v) is 20.6. The van der Waals surface area contributed by atoms with E-state index in [9.17, 15) is 13.2 Å². The minimum absolute atomic E-state index is 0.00138. The normalized spacial score (nSPS) is 11.2. The number of methoxy groups -OCH3 is 1. The molecule has 0 radical (unpaired) electrons. The molecule has 174 valence electrons. The maximum atomic E-state index is 12.8. The third kappa shape index (κ3) is 6.65. The van der Waals surface area contributed by atoms with Gasteiger partial charge in [0.25, 0.3) is 15.9 Å². The van der Waals surface area contributed by atoms with Crippen molar-refractivity contribution in [1.29, 1.82) is 0 Å². The van der Waals surface area contributed by atoms with Gasteiger partial charge in [-0.2, -0.15) is 0 Å². The number of hydrogen-bond acceptors (Lipinski definition) is 7. The largest absolute Gasteiger partial charge is 0.492 e. The highest BCUT2D eigenvalue weighted by Gasteiger charge is 2.17. The summed E-state index contributed by atoms with van der Waals surface area (Å²) in [5.74, 6) is 0.689. The molecule has 0 unspecified atom stereocenters. The molecule has 0 aliphatic carbocycles. The Kier molecular flexibility index (Phi) is 7.88. The Labute approximate surface area is 200 Å². The second kappa shape index (κ2) is 10.6. The van der Waals surface area contributed by atoms with Gasteiger partial charge < -0.3 is 14.8 Å². The van der Waals surface area contributed by atoms with Gasteiger partial charge in [-0.1, -0.05) is 29.8 Å². The van der Waals surface area contributed by atoms with Gasteiger partial charge >= 0.3 is 0 Å². The summed E-state index contributed by atoms with van der Waals surface area (Å²) in [6, 6.07) is 12.3. The van der Waals surface area contributed by atoms with Crippen LogP contribution in [0.5, 0.6) is 11.6 Å². The third-order valence-electron chi connectivity index (χ3n) is 4.27. The van der Waals surface area contributed by atoms with Crippen LogP contribution >= 0.6 is 15.9 Å². The summed E-state index contributed by atoms with van der Waals surface area (Å²) in [4.78, 5) is 20.6. The van der Waals surface area contributed by atoms with E-state index in [4.69, 9.17) is 9.47 Å². The second-order valence-electron chi connectivity index (χ2n) is 7.37. The summed E-state index contributed by atoms with van der Waals surface area (Å²) in [6.07, 6.45) is 1.19. The number of nitrogens with zero attached hydrogens (tertiary/aromatic N) is 2. The lowest BCUT2D eigenvalue weighted by Gasteiger charge is -2.14. The maximum absolute atomic E-state index is 12.8. The lowest BCUT2D eigenvalue weighted by molar-refractivity contribution is 0.102. The van der Waals surface area contributed by atoms with Crippen molar-refractivity contribution in [2.45, 2.75) is 18.7 Å². The molecule has 1 heterocycles. The highest BCUT2D eigenvalue weighted by molar-refractivity contribution is 9.10. The van der Waals surface area contributed by atoms with E-state index in [2.05, 4.69) is 35.9 Å². The van der Waals surface area contributed by atoms with Gasteiger partial charge in [0.05, 0.1) is 24.2 Å². The predicted octanol–water partition coefficient (Wildman–Crippen LogP) is 4.34. The summed E-state index contributed by atoms with van der Waals surface area (Å²) in [5, 5.41) is 2.76. The molecule has 1 amide bonds. The van der Waals surface area contributed by atoms with Gasteiger partial charge in [-0.25, -0.2) is 18.4 Å². The summed E-state index contributed by atoms with van der Waals surface area (Å²) in [6.45, 7) is 4.51. The number of benzene rings is 2. The fraction of sp³-hybridized carbons (Fsp3) is 0.227. The van der Waals surface area contributed by atoms with E-state index in [1.54, 1.807) is 18.2 Å². The summed E-state index contributed by atoms with van der Waals surface area (Å²) >= 11 is 3.37. The van der Waals surface area contributed by atoms with E-state index in [0.717, 1.165) is 4.47 Å². The highest BCUT2D eigenvalue weighted by Crippen LogP contribution is 2.25. The van der Waals surface area contributed by atoms with Crippen LogP contribution in [0.2, 0.25) is 0 Å². The molecule has 0 spiro atoms. The van der Waals surface area contributed by atoms with Gasteiger partial charge in [0.1, 0.15) is 17.9 Å². The Morgan fingerprint density at radius 3 is 2.48 bits per heavy atom. The zero-order chi connectivity index (χ0) is 24.0. The molecule has 0 bridgehead atoms. The van der Waals surface area contributed by atoms with Crippen molar-refractivity contribution in [2.75, 3.05) is 23.8 Å². The number of carbonyl (C=O) groups is 1. The van der Waals surface area contributed by atoms with Crippen LogP contribution in [0.3, 0.4) is 0 Å². The molecule has 33 heavy (non-hydrogen) atoms. The lowest BCUT2D eigenvalue weighted by atomic mass is 10.1. The Morgan fingerprint density at radius 2 is 1.82 bits per heavy atom. The minimum atomic E-state index is -3.90. The molecule has 11 heteroatoms. The van der Waals surface area contributed by atoms with Crippen LogP contribution in [0.15, 0.2) is 64.2 Å². The van der Waals surface area contributed by atoms with Crippen LogP contribution in [-0.2, 0) is 10.0 Å². The van der Waals surface area contributed by atoms with Crippen molar-refractivity contribution in [3.8, 4) is 11.6 Å². The van der Waals surface area contributed by atoms with Crippen molar-refractivity contribution in [1.82, 2.24) is 9.97 Å². The monoisotopic (exact) mass is 534 g/mol. The average Bonchev–Trinajstić information content (AvgIpc) is 2.78. The molecule has 0 saturated heterocycles. The van der Waals surface area contributed by atoms with Gasteiger partial charge in [0, 0.05) is 16.2 Å². The molecule has 0 aliphatic heterocycles. The predicted molar refractivity (Wildman–Crippen MR) is 128 cm³/mol. The van der Waals surface area contributed by atoms with Gasteiger partial charge in [-0.05, 0) is 48.4 Å². The Balaban J connectivity index is 1.74. The number of aromatic nitrogens is 2. The number of hydrogen-bond donors (Lipinski definition) is 2. The van der Waals surface area contributed by atoms with E-state index in [1.807, 2.05) is 13.8 Å². The van der Waals surface area contributed by atoms with Gasteiger partial charge in [0.2, 0.25) is 5.88 Å². The van der Waals surface area contributed by atoms with Crippen LogP contribution in [0.25, 0.3) is 0 Å². The van der Waals surface area contributed by atoms with Crippen molar-refractivity contribution in [2.24, 2.45) is 5.92 Å². The standard InChI is InChI=1S/C22H23BrN4O5S/c1-14(2)12-32-19-9-4-15(23)10-18(19)22(28)26-16-5-7-17(8-6-16)33(29,30)27-20-11-21(31-3)25-13-24-20/h4-11,13-14H,12H2,1-3H3,(H,26,28)(H,24,25,27). The maximum Gasteiger partial charge on any atom is 0.263 e. The smallest absolute Gasteiger partial charge is 0.263 e. The van der Waals surface area contributed by atoms with E-state index in [-0.39, 0.29) is 22.5 Å². The van der Waals surface area contributed by atoms with Crippen molar-refractivity contribution >= 4 is 43.4 Å². The third-order valence-corrected chi connectivity index (χ3v) is 6.13. The Bertz CT molecular complexity index is 1230. The fourth-order valence-corrected chi connectivity index (χ4v) is 4.04. The number of sulfonamides is 1. The Morgan fingerprint density at radius 1 is 1.09 bits per heavy atom. The van der Waals surface area contributed by atoms with E-state index >= 15 is 0 Å². The summed E-state index contributed by atoms with van der Waals surface area (Å²) < 4.78 is 39.1. The second-order valence-corrected chi connectivity index (χ2v) is 9.97. The number of amides is 1. The molecule has 3 aromatic rings. The van der Waals surface area contributed by atoms with Crippen LogP contribution in [-0.4, -0.2) is 38.0 Å². The van der Waals surface area contributed by atoms with E-state index in [1.165, 1.54) is 43.8 Å². The first-order chi connectivity index (χ1) is 15.7. The molecular formula is C22H23BrN4O5S. The molecule has 1 aromatic heterocycles. The van der Waals surface area contributed by atoms with Crippen LogP contribution in [0.1, 0.15) is 24.2 Å². The molecule has 0 atom stereocenters. The number of carbonyl (C=O) groups excluding carboxylic acids is 1. The fourth-order valence-electron chi connectivity index (χ4n) is 2.68. The summed E-state index contributed by atoms with van der Waals surface area (Å²) in [5.41, 5.74) is 0.790. The topological polar surface area (TPSA) is 120 Å². The van der Waals surface area contributed by atoms with Crippen molar-refractivity contribution < 1.29 is 22.7 Å². The quantitative estimate of drug-likeness (QED) is 0.419. The zero-order valence-electron chi connectivity index (χ0n) is 18.2. The van der Waals surface area contributed by atoms with Crippen molar-refractivity contribution in [3.63, 3.8) is 0 Å². The van der Waals surface area contributed by atoms with Crippen LogP contribution < -0.4 is 19.5 Å². The van der Waals surface area contributed by atoms with Gasteiger partial charge in [-0.15, -0.1) is 0 Å². The first-order valence-corrected chi connectivity index (χ1v) is 12.2. The molecule has 9 nitrogen and oxygen atoms in total. The number of anilines is 2. The number of ether oxygens (including phenoxy) is 2. The minimum Gasteiger partial charge on any atom is -0.492 e. The summed E-state index contributed by atoms with van der Waals surface area (Å²) in [7, 11) is -2.48. The molecule has 2 N–H and O–H groups in total. The SMILES string of the molecule is COc1cc(NS(=O)(=O)c2ccc(NC(=O)c3cc(Br)ccc3OCC(C)C)cc2)ncn1. The van der Waals surface area contributed by atoms with Crippen molar-refractivity contribution in [3.05, 3.63) is 64.9 Å². The van der Waals surface area contributed by atoms with Crippen LogP contribution in [0.4, 0.5) is 11.5 Å². The molecule has 0 aliphatic rings. The number of halogens is 1. The van der Waals surface area contributed by atoms with Crippen LogP contribution in [0, 0.1) is 5.92 Å². The van der Waals surface area contributed by atoms with Gasteiger partial charge in [-0.3, -0.25) is 9.52 Å². The molecule has 2 aromatic carbocycles. The highest BCUT2D eigenvalue weighted by atomic mass is 79.9. The molecular weight excluding hydrogens is 512 g/mol. The van der Waals surface area contributed by atoms with E-state index in [0.29, 0.717) is 29.5 Å².